The topological polar surface area (TPSA) is 52.6 Å². The Labute approximate surface area is 88.0 Å². The van der Waals surface area contributed by atoms with Crippen molar-refractivity contribution in [2.75, 3.05) is 6.61 Å². The molecule has 0 spiro atoms. The molecule has 0 aliphatic rings. The highest BCUT2D eigenvalue weighted by molar-refractivity contribution is 7.81. The van der Waals surface area contributed by atoms with Crippen molar-refractivity contribution in [3.8, 4) is 0 Å². The van der Waals surface area contributed by atoms with Crippen LogP contribution < -0.4 is 0 Å². The van der Waals surface area contributed by atoms with Gasteiger partial charge in [0, 0.05) is 0 Å². The zero-order valence-electron chi connectivity index (χ0n) is 8.14. The molecule has 0 aliphatic carbocycles. The van der Waals surface area contributed by atoms with Gasteiger partial charge in [-0.05, 0) is 24.6 Å². The molecule has 0 radical (unpaired) electrons. The molecule has 1 aromatic carbocycles. The summed E-state index contributed by atoms with van der Waals surface area (Å²) in [4.78, 5) is 0. The molecule has 0 aromatic heterocycles. The molecular weight excluding hydrogens is 223 g/mol. The minimum Gasteiger partial charge on any atom is -0.248 e. The van der Waals surface area contributed by atoms with E-state index in [4.69, 9.17) is 0 Å². The van der Waals surface area contributed by atoms with Crippen molar-refractivity contribution in [2.45, 2.75) is 13.5 Å². The van der Waals surface area contributed by atoms with Gasteiger partial charge in [-0.25, -0.2) is 12.8 Å². The predicted molar refractivity (Wildman–Crippen MR) is 51.7 cm³/mol. The number of hydrogen-bond donors (Lipinski definition) is 0. The Kier molecular flexibility index (Phi) is 4.19. The summed E-state index contributed by atoms with van der Waals surface area (Å²) in [5.41, 5.74) is 0.429. The average molecular weight is 234 g/mol. The highest BCUT2D eigenvalue weighted by Gasteiger charge is 2.10. The lowest BCUT2D eigenvalue weighted by Crippen LogP contribution is -2.09. The number of hydrogen-bond acceptors (Lipinski definition) is 4. The molecule has 0 saturated heterocycles. The predicted octanol–water partition coefficient (Wildman–Crippen LogP) is 1.62. The number of rotatable bonds is 5. The van der Waals surface area contributed by atoms with Crippen LogP contribution in [0.2, 0.25) is 0 Å². The van der Waals surface area contributed by atoms with E-state index in [-0.39, 0.29) is 13.2 Å². The van der Waals surface area contributed by atoms with E-state index in [1.54, 1.807) is 6.07 Å². The normalized spacial score (nSPS) is 11.6. The van der Waals surface area contributed by atoms with E-state index >= 15 is 0 Å². The van der Waals surface area contributed by atoms with Crippen LogP contribution in [-0.4, -0.2) is 15.0 Å². The van der Waals surface area contributed by atoms with Gasteiger partial charge < -0.3 is 0 Å². The highest BCUT2D eigenvalue weighted by atomic mass is 32.3. The first kappa shape index (κ1) is 12.1. The molecule has 0 amide bonds. The van der Waals surface area contributed by atoms with Gasteiger partial charge >= 0.3 is 10.4 Å². The molecule has 0 bridgehead atoms. The zero-order valence-corrected chi connectivity index (χ0v) is 8.96. The summed E-state index contributed by atoms with van der Waals surface area (Å²) < 4.78 is 43.4. The fourth-order valence-electron chi connectivity index (χ4n) is 0.945. The van der Waals surface area contributed by atoms with Crippen LogP contribution in [0.4, 0.5) is 4.39 Å². The Morgan fingerprint density at radius 3 is 2.67 bits per heavy atom. The first-order valence-electron chi connectivity index (χ1n) is 4.32. The maximum Gasteiger partial charge on any atom is 0.400 e. The minimum absolute atomic E-state index is 0.00544. The quantitative estimate of drug-likeness (QED) is 0.777. The monoisotopic (exact) mass is 234 g/mol. The smallest absolute Gasteiger partial charge is 0.248 e. The summed E-state index contributed by atoms with van der Waals surface area (Å²) in [6, 6.07) is 5.49. The lowest BCUT2D eigenvalue weighted by atomic mass is 10.2. The zero-order chi connectivity index (χ0) is 11.3. The van der Waals surface area contributed by atoms with Gasteiger partial charge in [0.15, 0.2) is 0 Å². The largest absolute Gasteiger partial charge is 0.400 e. The second kappa shape index (κ2) is 5.20. The van der Waals surface area contributed by atoms with Crippen LogP contribution in [0.5, 0.6) is 0 Å². The summed E-state index contributed by atoms with van der Waals surface area (Å²) in [6.07, 6.45) is 0. The van der Waals surface area contributed by atoms with Crippen LogP contribution >= 0.6 is 0 Å². The molecule has 1 rings (SSSR count). The van der Waals surface area contributed by atoms with Gasteiger partial charge in [-0.1, -0.05) is 12.1 Å². The summed E-state index contributed by atoms with van der Waals surface area (Å²) in [5.74, 6) is -0.440. The molecule has 84 valence electrons. The van der Waals surface area contributed by atoms with Gasteiger partial charge in [-0.15, -0.1) is 0 Å². The summed E-state index contributed by atoms with van der Waals surface area (Å²) in [7, 11) is -3.97. The first-order chi connectivity index (χ1) is 7.03. The minimum atomic E-state index is -3.97. The van der Waals surface area contributed by atoms with E-state index in [9.17, 15) is 12.8 Å². The summed E-state index contributed by atoms with van der Waals surface area (Å²) in [5, 5.41) is 0. The molecule has 0 saturated carbocycles. The van der Waals surface area contributed by atoms with Crippen LogP contribution in [0.15, 0.2) is 24.3 Å². The van der Waals surface area contributed by atoms with Crippen LogP contribution in [0.25, 0.3) is 0 Å². The van der Waals surface area contributed by atoms with E-state index in [1.807, 2.05) is 0 Å². The van der Waals surface area contributed by atoms with Crippen molar-refractivity contribution in [3.05, 3.63) is 35.6 Å². The molecule has 15 heavy (non-hydrogen) atoms. The Morgan fingerprint density at radius 1 is 1.33 bits per heavy atom. The van der Waals surface area contributed by atoms with Crippen molar-refractivity contribution in [1.82, 2.24) is 0 Å². The Bertz CT molecular complexity index is 416. The molecule has 0 N–H and O–H groups in total. The van der Waals surface area contributed by atoms with E-state index in [2.05, 4.69) is 8.37 Å². The Hall–Kier alpha value is -0.980. The Balaban J connectivity index is 2.58. The van der Waals surface area contributed by atoms with E-state index in [0.29, 0.717) is 5.56 Å². The molecule has 0 aliphatic heterocycles. The third-order valence-corrected chi connectivity index (χ3v) is 2.45. The third-order valence-electron chi connectivity index (χ3n) is 1.52. The van der Waals surface area contributed by atoms with Crippen molar-refractivity contribution in [3.63, 3.8) is 0 Å². The standard InChI is InChI=1S/C9H11FO4S/c1-2-13-15(11,12)14-7-8-4-3-5-9(10)6-8/h3-6H,2,7H2,1H3. The number of halogens is 1. The van der Waals surface area contributed by atoms with Crippen LogP contribution in [0.3, 0.4) is 0 Å². The fourth-order valence-corrected chi connectivity index (χ4v) is 1.58. The van der Waals surface area contributed by atoms with Gasteiger partial charge in [-0.3, -0.25) is 0 Å². The van der Waals surface area contributed by atoms with Crippen molar-refractivity contribution in [2.24, 2.45) is 0 Å². The molecule has 4 nitrogen and oxygen atoms in total. The lowest BCUT2D eigenvalue weighted by Gasteiger charge is -2.04. The van der Waals surface area contributed by atoms with Gasteiger partial charge in [0.25, 0.3) is 0 Å². The van der Waals surface area contributed by atoms with Crippen molar-refractivity contribution in [1.29, 1.82) is 0 Å². The second-order valence-electron chi connectivity index (χ2n) is 2.71. The van der Waals surface area contributed by atoms with E-state index in [0.717, 1.165) is 0 Å². The Morgan fingerprint density at radius 2 is 2.07 bits per heavy atom. The van der Waals surface area contributed by atoms with Crippen LogP contribution in [0.1, 0.15) is 12.5 Å². The summed E-state index contributed by atoms with van der Waals surface area (Å²) in [6.45, 7) is 1.30. The van der Waals surface area contributed by atoms with Crippen molar-refractivity contribution >= 4 is 10.4 Å². The second-order valence-corrected chi connectivity index (χ2v) is 3.99. The van der Waals surface area contributed by atoms with Gasteiger partial charge in [-0.2, -0.15) is 8.42 Å². The SMILES string of the molecule is CCOS(=O)(=O)OCc1cccc(F)c1. The first-order valence-corrected chi connectivity index (χ1v) is 5.65. The molecule has 0 atom stereocenters. The fraction of sp³-hybridized carbons (Fsp3) is 0.333. The molecule has 0 unspecified atom stereocenters. The molecule has 1 aromatic rings. The maximum absolute atomic E-state index is 12.7. The third kappa shape index (κ3) is 4.37. The summed E-state index contributed by atoms with van der Waals surface area (Å²) >= 11 is 0. The van der Waals surface area contributed by atoms with Crippen LogP contribution in [0, 0.1) is 5.82 Å². The highest BCUT2D eigenvalue weighted by Crippen LogP contribution is 2.07. The number of benzene rings is 1. The molecule has 0 heterocycles. The average Bonchev–Trinajstić information content (AvgIpc) is 2.15. The maximum atomic E-state index is 12.7. The van der Waals surface area contributed by atoms with Crippen LogP contribution in [-0.2, 0) is 25.4 Å². The van der Waals surface area contributed by atoms with Gasteiger partial charge in [0.1, 0.15) is 5.82 Å². The molecule has 0 fully saturated rings. The molecule has 6 heteroatoms. The molecular formula is C9H11FO4S. The van der Waals surface area contributed by atoms with Gasteiger partial charge in [0.2, 0.25) is 0 Å². The van der Waals surface area contributed by atoms with E-state index in [1.165, 1.54) is 25.1 Å². The van der Waals surface area contributed by atoms with Gasteiger partial charge in [0.05, 0.1) is 13.2 Å². The van der Waals surface area contributed by atoms with E-state index < -0.39 is 16.2 Å². The van der Waals surface area contributed by atoms with Crippen molar-refractivity contribution < 1.29 is 21.2 Å². The lowest BCUT2D eigenvalue weighted by molar-refractivity contribution is 0.215.